The number of rotatable bonds is 3. The first-order valence-corrected chi connectivity index (χ1v) is 6.68. The number of halogens is 1. The minimum absolute atomic E-state index is 0.160. The third-order valence-electron chi connectivity index (χ3n) is 2.88. The summed E-state index contributed by atoms with van der Waals surface area (Å²) in [5.74, 6) is 0.842. The molecule has 0 unspecified atom stereocenters. The van der Waals surface area contributed by atoms with E-state index in [-0.39, 0.29) is 5.41 Å². The molecule has 3 heteroatoms. The largest absolute Gasteiger partial charge is 0.487 e. The molecule has 0 saturated heterocycles. The lowest BCUT2D eigenvalue weighted by molar-refractivity contribution is 0.301. The van der Waals surface area contributed by atoms with Gasteiger partial charge in [-0.3, -0.25) is 0 Å². The molecule has 1 heterocycles. The van der Waals surface area contributed by atoms with Gasteiger partial charge in [0.1, 0.15) is 17.5 Å². The van der Waals surface area contributed by atoms with Crippen molar-refractivity contribution in [2.75, 3.05) is 0 Å². The van der Waals surface area contributed by atoms with Gasteiger partial charge in [0.25, 0.3) is 0 Å². The summed E-state index contributed by atoms with van der Waals surface area (Å²) in [6.07, 6.45) is 0. The van der Waals surface area contributed by atoms with Gasteiger partial charge in [-0.25, -0.2) is 4.98 Å². The first-order valence-electron chi connectivity index (χ1n) is 6.30. The van der Waals surface area contributed by atoms with E-state index in [1.165, 1.54) is 5.56 Å². The molecule has 0 saturated carbocycles. The number of pyridine rings is 1. The SMILES string of the molecule is CC(C)(C)c1ccc(OCc2cccc(Cl)n2)cc1. The Balaban J connectivity index is 2.01. The number of nitrogens with zero attached hydrogens (tertiary/aromatic N) is 1. The van der Waals surface area contributed by atoms with E-state index in [2.05, 4.69) is 37.9 Å². The van der Waals surface area contributed by atoms with Gasteiger partial charge < -0.3 is 4.74 Å². The highest BCUT2D eigenvalue weighted by Gasteiger charge is 2.12. The molecule has 0 bridgehead atoms. The van der Waals surface area contributed by atoms with Crippen LogP contribution in [-0.4, -0.2) is 4.98 Å². The molecule has 1 aromatic heterocycles. The standard InChI is InChI=1S/C16H18ClNO/c1-16(2,3)12-7-9-14(10-8-12)19-11-13-5-4-6-15(17)18-13/h4-10H,11H2,1-3H3. The van der Waals surface area contributed by atoms with E-state index in [4.69, 9.17) is 16.3 Å². The van der Waals surface area contributed by atoms with Crippen LogP contribution in [0.2, 0.25) is 5.15 Å². The molecule has 19 heavy (non-hydrogen) atoms. The summed E-state index contributed by atoms with van der Waals surface area (Å²) in [7, 11) is 0. The fourth-order valence-corrected chi connectivity index (χ4v) is 1.92. The molecule has 0 fully saturated rings. The Labute approximate surface area is 119 Å². The van der Waals surface area contributed by atoms with Crippen LogP contribution >= 0.6 is 11.6 Å². The van der Waals surface area contributed by atoms with Crippen molar-refractivity contribution in [3.05, 3.63) is 58.9 Å². The second kappa shape index (κ2) is 5.62. The van der Waals surface area contributed by atoms with Gasteiger partial charge in [-0.15, -0.1) is 0 Å². The van der Waals surface area contributed by atoms with E-state index >= 15 is 0 Å². The van der Waals surface area contributed by atoms with Crippen LogP contribution in [0.4, 0.5) is 0 Å². The van der Waals surface area contributed by atoms with Gasteiger partial charge in [0, 0.05) is 0 Å². The quantitative estimate of drug-likeness (QED) is 0.763. The third kappa shape index (κ3) is 3.97. The van der Waals surface area contributed by atoms with Gasteiger partial charge in [-0.05, 0) is 35.2 Å². The van der Waals surface area contributed by atoms with Gasteiger partial charge in [0.15, 0.2) is 0 Å². The van der Waals surface area contributed by atoms with Crippen molar-refractivity contribution in [1.82, 2.24) is 4.98 Å². The number of hydrogen-bond acceptors (Lipinski definition) is 2. The van der Waals surface area contributed by atoms with E-state index in [1.807, 2.05) is 24.3 Å². The second-order valence-electron chi connectivity index (χ2n) is 5.51. The predicted molar refractivity (Wildman–Crippen MR) is 78.7 cm³/mol. The summed E-state index contributed by atoms with van der Waals surface area (Å²) in [6.45, 7) is 7.01. The monoisotopic (exact) mass is 275 g/mol. The van der Waals surface area contributed by atoms with Crippen LogP contribution in [0.5, 0.6) is 5.75 Å². The zero-order valence-corrected chi connectivity index (χ0v) is 12.2. The highest BCUT2D eigenvalue weighted by Crippen LogP contribution is 2.24. The van der Waals surface area contributed by atoms with E-state index in [1.54, 1.807) is 6.07 Å². The zero-order chi connectivity index (χ0) is 13.9. The van der Waals surface area contributed by atoms with Crippen molar-refractivity contribution < 1.29 is 4.74 Å². The second-order valence-corrected chi connectivity index (χ2v) is 5.90. The Hall–Kier alpha value is -1.54. The summed E-state index contributed by atoms with van der Waals surface area (Å²) in [6, 6.07) is 13.7. The highest BCUT2D eigenvalue weighted by atomic mass is 35.5. The predicted octanol–water partition coefficient (Wildman–Crippen LogP) is 4.61. The number of hydrogen-bond donors (Lipinski definition) is 0. The maximum Gasteiger partial charge on any atom is 0.130 e. The Morgan fingerprint density at radius 1 is 1.05 bits per heavy atom. The average Bonchev–Trinajstić information content (AvgIpc) is 2.36. The number of ether oxygens (including phenoxy) is 1. The van der Waals surface area contributed by atoms with E-state index < -0.39 is 0 Å². The molecule has 0 atom stereocenters. The molecule has 2 aromatic rings. The molecule has 0 radical (unpaired) electrons. The lowest BCUT2D eigenvalue weighted by Gasteiger charge is -2.19. The van der Waals surface area contributed by atoms with Gasteiger partial charge in [-0.2, -0.15) is 0 Å². The van der Waals surface area contributed by atoms with Crippen LogP contribution in [0.25, 0.3) is 0 Å². The summed E-state index contributed by atoms with van der Waals surface area (Å²) in [4.78, 5) is 4.19. The molecule has 2 rings (SSSR count). The normalized spacial score (nSPS) is 11.4. The van der Waals surface area contributed by atoms with Crippen molar-refractivity contribution in [2.45, 2.75) is 32.8 Å². The topological polar surface area (TPSA) is 22.1 Å². The molecule has 2 nitrogen and oxygen atoms in total. The first kappa shape index (κ1) is 13.9. The van der Waals surface area contributed by atoms with Gasteiger partial charge in [0.2, 0.25) is 0 Å². The van der Waals surface area contributed by atoms with Crippen molar-refractivity contribution >= 4 is 11.6 Å². The summed E-state index contributed by atoms with van der Waals surface area (Å²) in [5, 5.41) is 0.490. The van der Waals surface area contributed by atoms with Crippen LogP contribution in [0, 0.1) is 0 Å². The summed E-state index contributed by atoms with van der Waals surface area (Å²) < 4.78 is 5.69. The van der Waals surface area contributed by atoms with Crippen molar-refractivity contribution in [1.29, 1.82) is 0 Å². The van der Waals surface area contributed by atoms with Crippen molar-refractivity contribution in [3.63, 3.8) is 0 Å². The van der Waals surface area contributed by atoms with Gasteiger partial charge >= 0.3 is 0 Å². The first-order chi connectivity index (χ1) is 8.95. The maximum absolute atomic E-state index is 5.83. The van der Waals surface area contributed by atoms with Crippen LogP contribution in [0.1, 0.15) is 32.0 Å². The molecule has 1 aromatic carbocycles. The van der Waals surface area contributed by atoms with Gasteiger partial charge in [-0.1, -0.05) is 50.6 Å². The highest BCUT2D eigenvalue weighted by molar-refractivity contribution is 6.29. The molecule has 0 amide bonds. The van der Waals surface area contributed by atoms with E-state index in [0.29, 0.717) is 11.8 Å². The summed E-state index contributed by atoms with van der Waals surface area (Å²) >= 11 is 5.83. The smallest absolute Gasteiger partial charge is 0.130 e. The molecule has 0 N–H and O–H groups in total. The minimum atomic E-state index is 0.160. The Kier molecular flexibility index (Phi) is 4.11. The van der Waals surface area contributed by atoms with Crippen molar-refractivity contribution in [3.8, 4) is 5.75 Å². The molecule has 0 aliphatic rings. The molecule has 0 aliphatic heterocycles. The molecule has 0 spiro atoms. The minimum Gasteiger partial charge on any atom is -0.487 e. The Morgan fingerprint density at radius 2 is 1.74 bits per heavy atom. The molecule has 100 valence electrons. The van der Waals surface area contributed by atoms with Gasteiger partial charge in [0.05, 0.1) is 5.69 Å². The van der Waals surface area contributed by atoms with Crippen LogP contribution < -0.4 is 4.74 Å². The fourth-order valence-electron chi connectivity index (χ4n) is 1.74. The molecular weight excluding hydrogens is 258 g/mol. The lowest BCUT2D eigenvalue weighted by atomic mass is 9.87. The van der Waals surface area contributed by atoms with Crippen LogP contribution in [0.15, 0.2) is 42.5 Å². The molecular formula is C16H18ClNO. The third-order valence-corrected chi connectivity index (χ3v) is 3.09. The lowest BCUT2D eigenvalue weighted by Crippen LogP contribution is -2.10. The van der Waals surface area contributed by atoms with E-state index in [9.17, 15) is 0 Å². The Morgan fingerprint density at radius 3 is 2.32 bits per heavy atom. The Bertz CT molecular complexity index is 543. The number of benzene rings is 1. The average molecular weight is 276 g/mol. The van der Waals surface area contributed by atoms with E-state index in [0.717, 1.165) is 11.4 Å². The zero-order valence-electron chi connectivity index (χ0n) is 11.5. The van der Waals surface area contributed by atoms with Crippen LogP contribution in [-0.2, 0) is 12.0 Å². The number of aromatic nitrogens is 1. The van der Waals surface area contributed by atoms with Crippen LogP contribution in [0.3, 0.4) is 0 Å². The summed E-state index contributed by atoms with van der Waals surface area (Å²) in [5.41, 5.74) is 2.28. The maximum atomic E-state index is 5.83. The molecule has 0 aliphatic carbocycles. The van der Waals surface area contributed by atoms with Crippen molar-refractivity contribution in [2.24, 2.45) is 0 Å². The fraction of sp³-hybridized carbons (Fsp3) is 0.312.